The molecule has 0 saturated heterocycles. The van der Waals surface area contributed by atoms with Gasteiger partial charge in [-0.15, -0.1) is 0 Å². The van der Waals surface area contributed by atoms with Gasteiger partial charge in [0, 0.05) is 5.69 Å². The minimum atomic E-state index is -0.507. The van der Waals surface area contributed by atoms with Gasteiger partial charge in [0.1, 0.15) is 0 Å². The van der Waals surface area contributed by atoms with Crippen molar-refractivity contribution in [1.29, 1.82) is 0 Å². The number of para-hydroxylation sites is 1. The van der Waals surface area contributed by atoms with E-state index in [-0.39, 0.29) is 5.54 Å². The Labute approximate surface area is 284 Å². The van der Waals surface area contributed by atoms with Gasteiger partial charge in [0.25, 0.3) is 0 Å². The van der Waals surface area contributed by atoms with Gasteiger partial charge in [0.2, 0.25) is 0 Å². The first-order valence-electron chi connectivity index (χ1n) is 17.3. The van der Waals surface area contributed by atoms with Gasteiger partial charge in [-0.25, -0.2) is 0 Å². The van der Waals surface area contributed by atoms with Crippen LogP contribution in [0.3, 0.4) is 0 Å². The summed E-state index contributed by atoms with van der Waals surface area (Å²) >= 11 is 0. The van der Waals surface area contributed by atoms with E-state index >= 15 is 0 Å². The van der Waals surface area contributed by atoms with Gasteiger partial charge in [-0.05, 0) is 98.8 Å². The van der Waals surface area contributed by atoms with E-state index in [9.17, 15) is 0 Å². The maximum atomic E-state index is 3.99. The Bertz CT molecular complexity index is 2170. The lowest BCUT2D eigenvalue weighted by Crippen LogP contribution is -2.35. The number of nitrogens with one attached hydrogen (secondary N) is 1. The molecular formula is C47H41N. The lowest BCUT2D eigenvalue weighted by molar-refractivity contribution is 0.454. The smallest absolute Gasteiger partial charge is 0.0714 e. The molecule has 1 aliphatic carbocycles. The van der Waals surface area contributed by atoms with Crippen LogP contribution in [0.2, 0.25) is 0 Å². The summed E-state index contributed by atoms with van der Waals surface area (Å²) in [5.74, 6) is 0. The SMILES string of the molecule is CCC(CC)(Nc1ccccc1)c1ccc2c(c1)C(c1ccccc1)(c1ccccc1)c1cc(-c3ccc(C)cc3)c3ccccc3c1-2. The second kappa shape index (κ2) is 12.0. The highest BCUT2D eigenvalue weighted by Crippen LogP contribution is 2.59. The molecule has 0 heterocycles. The van der Waals surface area contributed by atoms with Crippen molar-refractivity contribution in [2.45, 2.75) is 44.6 Å². The molecule has 8 rings (SSSR count). The van der Waals surface area contributed by atoms with Crippen molar-refractivity contribution in [2.75, 3.05) is 5.32 Å². The Hall–Kier alpha value is -5.40. The summed E-state index contributed by atoms with van der Waals surface area (Å²) in [6.07, 6.45) is 1.93. The molecule has 0 radical (unpaired) electrons. The summed E-state index contributed by atoms with van der Waals surface area (Å²) in [6.45, 7) is 6.78. The topological polar surface area (TPSA) is 12.0 Å². The molecule has 0 bridgehead atoms. The van der Waals surface area contributed by atoms with Crippen LogP contribution < -0.4 is 5.32 Å². The first-order valence-corrected chi connectivity index (χ1v) is 17.3. The molecule has 1 aliphatic rings. The molecule has 1 heteroatoms. The normalized spacial score (nSPS) is 13.2. The molecule has 7 aromatic carbocycles. The van der Waals surface area contributed by atoms with Crippen molar-refractivity contribution in [3.8, 4) is 22.3 Å². The van der Waals surface area contributed by atoms with Gasteiger partial charge in [0.15, 0.2) is 0 Å². The van der Waals surface area contributed by atoms with Crippen molar-refractivity contribution in [1.82, 2.24) is 0 Å². The highest BCUT2D eigenvalue weighted by atomic mass is 15.0. The van der Waals surface area contributed by atoms with E-state index in [1.165, 1.54) is 66.4 Å². The molecule has 0 unspecified atom stereocenters. The van der Waals surface area contributed by atoms with Crippen LogP contribution in [0, 0.1) is 6.92 Å². The Kier molecular flexibility index (Phi) is 7.49. The Morgan fingerprint density at radius 1 is 0.521 bits per heavy atom. The van der Waals surface area contributed by atoms with Crippen molar-refractivity contribution < 1.29 is 0 Å². The number of fused-ring (bicyclic) bond motifs is 5. The number of benzene rings is 7. The number of rotatable bonds is 8. The van der Waals surface area contributed by atoms with Gasteiger partial charge in [0.05, 0.1) is 11.0 Å². The minimum absolute atomic E-state index is 0.223. The number of aryl methyl sites for hydroxylation is 1. The molecule has 0 amide bonds. The van der Waals surface area contributed by atoms with Crippen LogP contribution in [0.5, 0.6) is 0 Å². The quantitative estimate of drug-likeness (QED) is 0.178. The van der Waals surface area contributed by atoms with Crippen LogP contribution in [-0.2, 0) is 11.0 Å². The van der Waals surface area contributed by atoms with Gasteiger partial charge in [-0.1, -0.05) is 165 Å². The molecule has 1 nitrogen and oxygen atoms in total. The second-order valence-corrected chi connectivity index (χ2v) is 13.3. The Balaban J connectivity index is 1.49. The maximum absolute atomic E-state index is 3.99. The van der Waals surface area contributed by atoms with E-state index in [4.69, 9.17) is 0 Å². The van der Waals surface area contributed by atoms with Crippen molar-refractivity contribution in [3.05, 3.63) is 197 Å². The van der Waals surface area contributed by atoms with Crippen LogP contribution in [0.15, 0.2) is 164 Å². The molecule has 234 valence electrons. The zero-order valence-corrected chi connectivity index (χ0v) is 28.0. The molecule has 0 spiro atoms. The lowest BCUT2D eigenvalue weighted by atomic mass is 9.66. The Morgan fingerprint density at radius 3 is 1.69 bits per heavy atom. The summed E-state index contributed by atoms with van der Waals surface area (Å²) in [7, 11) is 0. The summed E-state index contributed by atoms with van der Waals surface area (Å²) < 4.78 is 0. The van der Waals surface area contributed by atoms with Crippen molar-refractivity contribution in [2.24, 2.45) is 0 Å². The highest BCUT2D eigenvalue weighted by Gasteiger charge is 2.48. The predicted octanol–water partition coefficient (Wildman–Crippen LogP) is 12.3. The first kappa shape index (κ1) is 30.0. The molecule has 7 aromatic rings. The van der Waals surface area contributed by atoms with Crippen molar-refractivity contribution in [3.63, 3.8) is 0 Å². The minimum Gasteiger partial charge on any atom is -0.376 e. The average molecular weight is 620 g/mol. The maximum Gasteiger partial charge on any atom is 0.0714 e. The fourth-order valence-corrected chi connectivity index (χ4v) is 8.32. The molecular weight excluding hydrogens is 579 g/mol. The summed E-state index contributed by atoms with van der Waals surface area (Å²) in [5.41, 5.74) is 13.4. The van der Waals surface area contributed by atoms with Crippen molar-refractivity contribution >= 4 is 16.5 Å². The molecule has 0 aromatic heterocycles. The number of hydrogen-bond donors (Lipinski definition) is 1. The largest absolute Gasteiger partial charge is 0.376 e. The highest BCUT2D eigenvalue weighted by molar-refractivity contribution is 6.10. The lowest BCUT2D eigenvalue weighted by Gasteiger charge is -2.38. The third-order valence-corrected chi connectivity index (χ3v) is 10.8. The van der Waals surface area contributed by atoms with Crippen LogP contribution in [0.4, 0.5) is 5.69 Å². The fourth-order valence-electron chi connectivity index (χ4n) is 8.32. The zero-order valence-electron chi connectivity index (χ0n) is 28.0. The van der Waals surface area contributed by atoms with Gasteiger partial charge in [-0.2, -0.15) is 0 Å². The molecule has 0 fully saturated rings. The number of hydrogen-bond acceptors (Lipinski definition) is 1. The van der Waals surface area contributed by atoms with Gasteiger partial charge < -0.3 is 5.32 Å². The van der Waals surface area contributed by atoms with Gasteiger partial charge in [-0.3, -0.25) is 0 Å². The van der Waals surface area contributed by atoms with E-state index in [0.717, 1.165) is 18.5 Å². The van der Waals surface area contributed by atoms with E-state index < -0.39 is 5.41 Å². The molecule has 48 heavy (non-hydrogen) atoms. The van der Waals surface area contributed by atoms with E-state index in [1.54, 1.807) is 0 Å². The number of anilines is 1. The van der Waals surface area contributed by atoms with Crippen LogP contribution >= 0.6 is 0 Å². The van der Waals surface area contributed by atoms with Gasteiger partial charge >= 0.3 is 0 Å². The predicted molar refractivity (Wildman–Crippen MR) is 204 cm³/mol. The van der Waals surface area contributed by atoms with Crippen LogP contribution in [0.25, 0.3) is 33.0 Å². The third kappa shape index (κ3) is 4.60. The molecule has 1 N–H and O–H groups in total. The second-order valence-electron chi connectivity index (χ2n) is 13.3. The first-order chi connectivity index (χ1) is 23.6. The van der Waals surface area contributed by atoms with Crippen LogP contribution in [0.1, 0.15) is 60.1 Å². The Morgan fingerprint density at radius 2 is 1.08 bits per heavy atom. The van der Waals surface area contributed by atoms with E-state index in [2.05, 4.69) is 190 Å². The summed E-state index contributed by atoms with van der Waals surface area (Å²) in [4.78, 5) is 0. The third-order valence-electron chi connectivity index (χ3n) is 10.8. The van der Waals surface area contributed by atoms with Crippen LogP contribution in [-0.4, -0.2) is 0 Å². The van der Waals surface area contributed by atoms with E-state index in [1.807, 2.05) is 0 Å². The zero-order chi connectivity index (χ0) is 32.7. The fraction of sp³-hybridized carbons (Fsp3) is 0.149. The monoisotopic (exact) mass is 619 g/mol. The summed E-state index contributed by atoms with van der Waals surface area (Å²) in [6, 6.07) is 60.9. The molecule has 0 saturated carbocycles. The van der Waals surface area contributed by atoms with E-state index in [0.29, 0.717) is 0 Å². The molecule has 0 atom stereocenters. The summed E-state index contributed by atoms with van der Waals surface area (Å²) in [5, 5.41) is 6.58. The molecule has 0 aliphatic heterocycles. The average Bonchev–Trinajstić information content (AvgIpc) is 3.45. The standard InChI is InChI=1S/C47H41N/c1-4-46(5-2,48-38-21-13-8-14-22-38)37-29-30-41-43(31-37)47(35-17-9-6-10-18-35,36-19-11-7-12-20-36)44-32-42(34-27-25-33(3)26-28-34)39-23-15-16-24-40(39)45(41)44/h6-32,48H,4-5H2,1-3H3.